The van der Waals surface area contributed by atoms with E-state index >= 15 is 0 Å². The standard InChI is InChI=1S/C15H14N4O6/c20-14(16-8-1-2-11-12(5-8)24-4-3-23-11)7-13-17-15(25-18-13)9-6-10(9)19(21)22/h1-2,5,9-10H,3-4,6-7H2,(H,16,20)/t9-,10-/m0/s1. The van der Waals surface area contributed by atoms with Crippen molar-refractivity contribution < 1.29 is 23.7 Å². The summed E-state index contributed by atoms with van der Waals surface area (Å²) in [5.41, 5.74) is 0.563. The van der Waals surface area contributed by atoms with Gasteiger partial charge in [-0.15, -0.1) is 0 Å². The molecule has 0 bridgehead atoms. The molecule has 0 radical (unpaired) electrons. The minimum Gasteiger partial charge on any atom is -0.486 e. The lowest BCUT2D eigenvalue weighted by atomic mass is 10.2. The Labute approximate surface area is 141 Å². The molecule has 1 amide bonds. The van der Waals surface area contributed by atoms with Gasteiger partial charge in [0, 0.05) is 23.1 Å². The van der Waals surface area contributed by atoms with Crippen LogP contribution >= 0.6 is 0 Å². The Bertz CT molecular complexity index is 835. The van der Waals surface area contributed by atoms with Crippen molar-refractivity contribution in [3.63, 3.8) is 0 Å². The number of benzene rings is 1. The molecule has 4 rings (SSSR count). The summed E-state index contributed by atoms with van der Waals surface area (Å²) in [5.74, 6) is 0.938. The minimum atomic E-state index is -0.667. The third kappa shape index (κ3) is 3.23. The summed E-state index contributed by atoms with van der Waals surface area (Å²) in [5, 5.41) is 17.1. The molecular formula is C15H14N4O6. The summed E-state index contributed by atoms with van der Waals surface area (Å²) in [6, 6.07) is 4.44. The van der Waals surface area contributed by atoms with Crippen molar-refractivity contribution in [3.05, 3.63) is 40.0 Å². The van der Waals surface area contributed by atoms with Gasteiger partial charge in [0.2, 0.25) is 17.8 Å². The van der Waals surface area contributed by atoms with Gasteiger partial charge >= 0.3 is 0 Å². The highest BCUT2D eigenvalue weighted by Crippen LogP contribution is 2.41. The molecule has 1 aliphatic heterocycles. The molecule has 0 spiro atoms. The molecule has 2 atom stereocenters. The number of carbonyl (C=O) groups is 1. The number of anilines is 1. The molecule has 2 heterocycles. The number of rotatable bonds is 5. The summed E-state index contributed by atoms with van der Waals surface area (Å²) >= 11 is 0. The molecule has 1 fully saturated rings. The maximum Gasteiger partial charge on any atom is 0.236 e. The number of ether oxygens (including phenoxy) is 2. The quantitative estimate of drug-likeness (QED) is 0.630. The highest BCUT2D eigenvalue weighted by molar-refractivity contribution is 5.92. The topological polar surface area (TPSA) is 130 Å². The van der Waals surface area contributed by atoms with Gasteiger partial charge in [-0.3, -0.25) is 14.9 Å². The second-order valence-electron chi connectivity index (χ2n) is 5.83. The average Bonchev–Trinajstić information content (AvgIpc) is 3.28. The highest BCUT2D eigenvalue weighted by atomic mass is 16.6. The number of nitrogens with zero attached hydrogens (tertiary/aromatic N) is 3. The molecule has 1 N–H and O–H groups in total. The SMILES string of the molecule is O=C(Cc1noc([C@H]2C[C@@H]2[N+](=O)[O-])n1)Nc1ccc2c(c1)OCCO2. The van der Waals surface area contributed by atoms with Crippen molar-refractivity contribution >= 4 is 11.6 Å². The Morgan fingerprint density at radius 2 is 2.12 bits per heavy atom. The van der Waals surface area contributed by atoms with Gasteiger partial charge in [0.25, 0.3) is 0 Å². The number of aromatic nitrogens is 2. The van der Waals surface area contributed by atoms with Crippen molar-refractivity contribution in [2.45, 2.75) is 24.8 Å². The molecule has 1 aromatic heterocycles. The first-order valence-corrected chi connectivity index (χ1v) is 7.75. The lowest BCUT2D eigenvalue weighted by molar-refractivity contribution is -0.496. The Hall–Kier alpha value is -3.17. The van der Waals surface area contributed by atoms with Crippen LogP contribution in [0.2, 0.25) is 0 Å². The van der Waals surface area contributed by atoms with Crippen LogP contribution in [0.25, 0.3) is 0 Å². The van der Waals surface area contributed by atoms with E-state index in [1.54, 1.807) is 18.2 Å². The van der Waals surface area contributed by atoms with E-state index in [4.69, 9.17) is 14.0 Å². The summed E-state index contributed by atoms with van der Waals surface area (Å²) in [4.78, 5) is 26.5. The van der Waals surface area contributed by atoms with Gasteiger partial charge in [-0.2, -0.15) is 4.98 Å². The van der Waals surface area contributed by atoms with E-state index in [9.17, 15) is 14.9 Å². The van der Waals surface area contributed by atoms with Crippen LogP contribution in [0.1, 0.15) is 24.1 Å². The zero-order valence-corrected chi connectivity index (χ0v) is 13.0. The van der Waals surface area contributed by atoms with Crippen LogP contribution in [-0.4, -0.2) is 40.2 Å². The van der Waals surface area contributed by atoms with Crippen LogP contribution in [0.3, 0.4) is 0 Å². The summed E-state index contributed by atoms with van der Waals surface area (Å²) in [6.07, 6.45) is 0.297. The molecule has 10 heteroatoms. The van der Waals surface area contributed by atoms with Crippen LogP contribution in [0.15, 0.2) is 22.7 Å². The van der Waals surface area contributed by atoms with E-state index in [0.29, 0.717) is 36.8 Å². The van der Waals surface area contributed by atoms with E-state index in [1.807, 2.05) is 0 Å². The summed E-state index contributed by atoms with van der Waals surface area (Å²) in [6.45, 7) is 0.958. The lowest BCUT2D eigenvalue weighted by Gasteiger charge is -2.18. The lowest BCUT2D eigenvalue weighted by Crippen LogP contribution is -2.17. The van der Waals surface area contributed by atoms with Crippen LogP contribution in [0.5, 0.6) is 11.5 Å². The number of nitrogens with one attached hydrogen (secondary N) is 1. The zero-order chi connectivity index (χ0) is 17.4. The van der Waals surface area contributed by atoms with Gasteiger partial charge in [0.05, 0.1) is 6.42 Å². The van der Waals surface area contributed by atoms with E-state index in [2.05, 4.69) is 15.5 Å². The predicted octanol–water partition coefficient (Wildman–Crippen LogP) is 1.15. The van der Waals surface area contributed by atoms with Crippen LogP contribution < -0.4 is 14.8 Å². The largest absolute Gasteiger partial charge is 0.486 e. The van der Waals surface area contributed by atoms with Crippen LogP contribution in [0, 0.1) is 10.1 Å². The average molecular weight is 346 g/mol. The fourth-order valence-corrected chi connectivity index (χ4v) is 2.64. The molecule has 1 aromatic carbocycles. The number of amides is 1. The Morgan fingerprint density at radius 1 is 1.32 bits per heavy atom. The third-order valence-electron chi connectivity index (χ3n) is 3.97. The van der Waals surface area contributed by atoms with E-state index in [-0.39, 0.29) is 34.9 Å². The molecule has 25 heavy (non-hydrogen) atoms. The fraction of sp³-hybridized carbons (Fsp3) is 0.400. The molecule has 2 aromatic rings. The number of nitro groups is 1. The first-order valence-electron chi connectivity index (χ1n) is 7.75. The number of hydrogen-bond donors (Lipinski definition) is 1. The molecule has 130 valence electrons. The normalized spacial score (nSPS) is 20.8. The van der Waals surface area contributed by atoms with E-state index < -0.39 is 6.04 Å². The van der Waals surface area contributed by atoms with Gasteiger partial charge in [-0.1, -0.05) is 5.16 Å². The van der Waals surface area contributed by atoms with Crippen LogP contribution in [-0.2, 0) is 11.2 Å². The number of hydrogen-bond acceptors (Lipinski definition) is 8. The first kappa shape index (κ1) is 15.4. The van der Waals surface area contributed by atoms with Gasteiger partial charge in [-0.05, 0) is 12.1 Å². The van der Waals surface area contributed by atoms with Gasteiger partial charge in [-0.25, -0.2) is 0 Å². The molecule has 1 saturated carbocycles. The summed E-state index contributed by atoms with van der Waals surface area (Å²) < 4.78 is 15.9. The molecular weight excluding hydrogens is 332 g/mol. The van der Waals surface area contributed by atoms with Crippen molar-refractivity contribution in [2.75, 3.05) is 18.5 Å². The maximum absolute atomic E-state index is 12.1. The van der Waals surface area contributed by atoms with Gasteiger partial charge in [0.15, 0.2) is 17.3 Å². The Balaban J connectivity index is 1.36. The Morgan fingerprint density at radius 3 is 2.88 bits per heavy atom. The monoisotopic (exact) mass is 346 g/mol. The zero-order valence-electron chi connectivity index (χ0n) is 13.0. The minimum absolute atomic E-state index is 0.0895. The number of carbonyl (C=O) groups excluding carboxylic acids is 1. The smallest absolute Gasteiger partial charge is 0.236 e. The molecule has 0 saturated heterocycles. The molecule has 0 unspecified atom stereocenters. The van der Waals surface area contributed by atoms with Crippen LogP contribution in [0.4, 0.5) is 5.69 Å². The van der Waals surface area contributed by atoms with Crippen molar-refractivity contribution in [1.29, 1.82) is 0 Å². The van der Waals surface area contributed by atoms with Gasteiger partial charge < -0.3 is 19.3 Å². The summed E-state index contributed by atoms with van der Waals surface area (Å²) in [7, 11) is 0. The maximum atomic E-state index is 12.1. The first-order chi connectivity index (χ1) is 12.1. The molecule has 1 aliphatic carbocycles. The van der Waals surface area contributed by atoms with Crippen molar-refractivity contribution in [1.82, 2.24) is 10.1 Å². The number of fused-ring (bicyclic) bond motifs is 1. The second kappa shape index (κ2) is 6.04. The highest BCUT2D eigenvalue weighted by Gasteiger charge is 2.53. The van der Waals surface area contributed by atoms with Crippen molar-refractivity contribution in [3.8, 4) is 11.5 Å². The van der Waals surface area contributed by atoms with E-state index in [1.165, 1.54) is 0 Å². The van der Waals surface area contributed by atoms with Crippen molar-refractivity contribution in [2.24, 2.45) is 0 Å². The predicted molar refractivity (Wildman–Crippen MR) is 82.2 cm³/mol. The third-order valence-corrected chi connectivity index (χ3v) is 3.97. The molecule has 10 nitrogen and oxygen atoms in total. The second-order valence-corrected chi connectivity index (χ2v) is 5.83. The van der Waals surface area contributed by atoms with E-state index in [0.717, 1.165) is 0 Å². The Kier molecular flexibility index (Phi) is 3.71. The molecule has 2 aliphatic rings. The van der Waals surface area contributed by atoms with Gasteiger partial charge in [0.1, 0.15) is 19.1 Å². The fourth-order valence-electron chi connectivity index (χ4n) is 2.64.